The fraction of sp³-hybridized carbons (Fsp3) is 0.350. The number of nitrogens with zero attached hydrogens (tertiary/aromatic N) is 1. The highest BCUT2D eigenvalue weighted by Gasteiger charge is 2.05. The Morgan fingerprint density at radius 1 is 1.00 bits per heavy atom. The van der Waals surface area contributed by atoms with Crippen LogP contribution in [-0.2, 0) is 13.1 Å². The largest absolute Gasteiger partial charge is 0.493 e. The van der Waals surface area contributed by atoms with E-state index in [9.17, 15) is 0 Å². The third-order valence-electron chi connectivity index (χ3n) is 3.92. The number of aliphatic imine (C=N–C) groups is 1. The van der Waals surface area contributed by atoms with Gasteiger partial charge in [-0.2, -0.15) is 0 Å². The first-order chi connectivity index (χ1) is 12.2. The maximum atomic E-state index is 5.34. The van der Waals surface area contributed by atoms with Gasteiger partial charge in [-0.05, 0) is 42.7 Å². The second kappa shape index (κ2) is 9.57. The zero-order valence-electron chi connectivity index (χ0n) is 15.4. The zero-order chi connectivity index (χ0) is 18.1. The summed E-state index contributed by atoms with van der Waals surface area (Å²) in [7, 11) is 3.27. The summed E-state index contributed by atoms with van der Waals surface area (Å²) in [5.41, 5.74) is 3.59. The van der Waals surface area contributed by atoms with Gasteiger partial charge in [0.2, 0.25) is 0 Å². The summed E-state index contributed by atoms with van der Waals surface area (Å²) >= 11 is 0. The fourth-order valence-electron chi connectivity index (χ4n) is 2.48. The maximum Gasteiger partial charge on any atom is 0.191 e. The van der Waals surface area contributed by atoms with Gasteiger partial charge in [0.1, 0.15) is 0 Å². The molecule has 0 aliphatic carbocycles. The first-order valence-corrected chi connectivity index (χ1v) is 8.45. The molecule has 0 saturated carbocycles. The van der Waals surface area contributed by atoms with E-state index in [1.54, 1.807) is 14.2 Å². The normalized spacial score (nSPS) is 11.1. The molecule has 0 fully saturated rings. The van der Waals surface area contributed by atoms with E-state index in [-0.39, 0.29) is 0 Å². The van der Waals surface area contributed by atoms with Crippen LogP contribution in [0.2, 0.25) is 0 Å². The van der Waals surface area contributed by atoms with E-state index in [2.05, 4.69) is 53.7 Å². The standard InChI is InChI=1S/C20H27N3O2/c1-5-21-20(23-14-17-9-7-6-8-15(17)2)22-13-16-10-11-18(24-3)19(12-16)25-4/h6-12H,5,13-14H2,1-4H3,(H2,21,22,23). The fourth-order valence-corrected chi connectivity index (χ4v) is 2.48. The van der Waals surface area contributed by atoms with Crippen molar-refractivity contribution >= 4 is 5.96 Å². The van der Waals surface area contributed by atoms with Crippen molar-refractivity contribution in [2.24, 2.45) is 4.99 Å². The third kappa shape index (κ3) is 5.41. The Morgan fingerprint density at radius 2 is 1.76 bits per heavy atom. The lowest BCUT2D eigenvalue weighted by Gasteiger charge is -2.13. The van der Waals surface area contributed by atoms with Gasteiger partial charge in [-0.15, -0.1) is 0 Å². The average molecular weight is 341 g/mol. The third-order valence-corrected chi connectivity index (χ3v) is 3.92. The number of rotatable bonds is 7. The van der Waals surface area contributed by atoms with Gasteiger partial charge in [0, 0.05) is 13.1 Å². The highest BCUT2D eigenvalue weighted by molar-refractivity contribution is 5.79. The second-order valence-electron chi connectivity index (χ2n) is 5.66. The molecule has 5 heteroatoms. The first kappa shape index (κ1) is 18.6. The van der Waals surface area contributed by atoms with Crippen LogP contribution in [0.25, 0.3) is 0 Å². The summed E-state index contributed by atoms with van der Waals surface area (Å²) in [6, 6.07) is 14.2. The summed E-state index contributed by atoms with van der Waals surface area (Å²) in [6.07, 6.45) is 0. The minimum atomic E-state index is 0.559. The Balaban J connectivity index is 2.05. The average Bonchev–Trinajstić information content (AvgIpc) is 2.64. The highest BCUT2D eigenvalue weighted by Crippen LogP contribution is 2.27. The minimum Gasteiger partial charge on any atom is -0.493 e. The molecule has 0 saturated heterocycles. The molecule has 5 nitrogen and oxygen atoms in total. The molecule has 0 atom stereocenters. The maximum absolute atomic E-state index is 5.34. The van der Waals surface area contributed by atoms with E-state index in [0.29, 0.717) is 12.3 Å². The van der Waals surface area contributed by atoms with Crippen LogP contribution in [0, 0.1) is 6.92 Å². The monoisotopic (exact) mass is 341 g/mol. The van der Waals surface area contributed by atoms with Gasteiger partial charge in [0.15, 0.2) is 17.5 Å². The van der Waals surface area contributed by atoms with Gasteiger partial charge in [-0.25, -0.2) is 4.99 Å². The second-order valence-corrected chi connectivity index (χ2v) is 5.66. The SMILES string of the molecule is CCNC(=NCc1ccc(OC)c(OC)c1)NCc1ccccc1C. The van der Waals surface area contributed by atoms with E-state index in [4.69, 9.17) is 9.47 Å². The van der Waals surface area contributed by atoms with Gasteiger partial charge in [-0.3, -0.25) is 0 Å². The molecule has 2 aromatic carbocycles. The number of benzene rings is 2. The number of nitrogens with one attached hydrogen (secondary N) is 2. The summed E-state index contributed by atoms with van der Waals surface area (Å²) in [4.78, 5) is 4.66. The number of hydrogen-bond acceptors (Lipinski definition) is 3. The van der Waals surface area contributed by atoms with Crippen LogP contribution < -0.4 is 20.1 Å². The van der Waals surface area contributed by atoms with Crippen molar-refractivity contribution in [3.05, 3.63) is 59.2 Å². The van der Waals surface area contributed by atoms with Crippen molar-refractivity contribution in [1.82, 2.24) is 10.6 Å². The topological polar surface area (TPSA) is 54.9 Å². The molecule has 0 aliphatic heterocycles. The van der Waals surface area contributed by atoms with Crippen molar-refractivity contribution in [3.8, 4) is 11.5 Å². The number of guanidine groups is 1. The molecule has 0 amide bonds. The Morgan fingerprint density at radius 3 is 2.44 bits per heavy atom. The summed E-state index contributed by atoms with van der Waals surface area (Å²) in [5, 5.41) is 6.66. The Labute approximate surface area is 150 Å². The van der Waals surface area contributed by atoms with Gasteiger partial charge in [-0.1, -0.05) is 30.3 Å². The molecular weight excluding hydrogens is 314 g/mol. The van der Waals surface area contributed by atoms with Crippen molar-refractivity contribution in [2.45, 2.75) is 26.9 Å². The first-order valence-electron chi connectivity index (χ1n) is 8.45. The molecule has 0 unspecified atom stereocenters. The Bertz CT molecular complexity index is 714. The molecule has 0 aromatic heterocycles. The van der Waals surface area contributed by atoms with Crippen LogP contribution in [-0.4, -0.2) is 26.7 Å². The van der Waals surface area contributed by atoms with Gasteiger partial charge in [0.25, 0.3) is 0 Å². The van der Waals surface area contributed by atoms with Crippen LogP contribution in [0.4, 0.5) is 0 Å². The molecule has 0 radical (unpaired) electrons. The van der Waals surface area contributed by atoms with Crippen LogP contribution in [0.5, 0.6) is 11.5 Å². The minimum absolute atomic E-state index is 0.559. The van der Waals surface area contributed by atoms with E-state index >= 15 is 0 Å². The molecule has 0 spiro atoms. The van der Waals surface area contributed by atoms with E-state index < -0.39 is 0 Å². The van der Waals surface area contributed by atoms with E-state index in [1.807, 2.05) is 18.2 Å². The zero-order valence-corrected chi connectivity index (χ0v) is 15.4. The predicted molar refractivity (Wildman–Crippen MR) is 102 cm³/mol. The lowest BCUT2D eigenvalue weighted by molar-refractivity contribution is 0.354. The van der Waals surface area contributed by atoms with Gasteiger partial charge in [0.05, 0.1) is 20.8 Å². The molecule has 134 valence electrons. The molecular formula is C20H27N3O2. The lowest BCUT2D eigenvalue weighted by Crippen LogP contribution is -2.36. The van der Waals surface area contributed by atoms with Crippen molar-refractivity contribution in [1.29, 1.82) is 0 Å². The van der Waals surface area contributed by atoms with Crippen molar-refractivity contribution in [2.75, 3.05) is 20.8 Å². The summed E-state index contributed by atoms with van der Waals surface area (Å²) in [5.74, 6) is 2.23. The quantitative estimate of drug-likeness (QED) is 0.599. The van der Waals surface area contributed by atoms with Crippen LogP contribution in [0.15, 0.2) is 47.5 Å². The number of ether oxygens (including phenoxy) is 2. The number of hydrogen-bond donors (Lipinski definition) is 2. The summed E-state index contributed by atoms with van der Waals surface area (Å²) in [6.45, 7) is 6.28. The Hall–Kier alpha value is -2.69. The predicted octanol–water partition coefficient (Wildman–Crippen LogP) is 3.27. The smallest absolute Gasteiger partial charge is 0.191 e. The summed E-state index contributed by atoms with van der Waals surface area (Å²) < 4.78 is 10.6. The molecule has 2 rings (SSSR count). The lowest BCUT2D eigenvalue weighted by atomic mass is 10.1. The molecule has 2 N–H and O–H groups in total. The van der Waals surface area contributed by atoms with Gasteiger partial charge >= 0.3 is 0 Å². The highest BCUT2D eigenvalue weighted by atomic mass is 16.5. The van der Waals surface area contributed by atoms with Crippen molar-refractivity contribution < 1.29 is 9.47 Å². The Kier molecular flexibility index (Phi) is 7.14. The van der Waals surface area contributed by atoms with Crippen molar-refractivity contribution in [3.63, 3.8) is 0 Å². The molecule has 2 aromatic rings. The van der Waals surface area contributed by atoms with Gasteiger partial charge < -0.3 is 20.1 Å². The molecule has 25 heavy (non-hydrogen) atoms. The molecule has 0 bridgehead atoms. The number of aryl methyl sites for hydroxylation is 1. The van der Waals surface area contributed by atoms with Crippen LogP contribution in [0.3, 0.4) is 0 Å². The van der Waals surface area contributed by atoms with Crippen LogP contribution >= 0.6 is 0 Å². The molecule has 0 heterocycles. The number of methoxy groups -OCH3 is 2. The van der Waals surface area contributed by atoms with E-state index in [0.717, 1.165) is 30.4 Å². The van der Waals surface area contributed by atoms with Crippen LogP contribution in [0.1, 0.15) is 23.6 Å². The van der Waals surface area contributed by atoms with E-state index in [1.165, 1.54) is 11.1 Å². The molecule has 0 aliphatic rings.